The molecule has 7 heteroatoms. The molecule has 5 nitrogen and oxygen atoms in total. The molecule has 3 rings (SSSR count). The number of amides is 2. The second kappa shape index (κ2) is 5.31. The minimum Gasteiger partial charge on any atom is -0.365 e. The monoisotopic (exact) mass is 309 g/mol. The summed E-state index contributed by atoms with van der Waals surface area (Å²) in [5.74, 6) is -3.57. The Morgan fingerprint density at radius 3 is 2.41 bits per heavy atom. The first-order chi connectivity index (χ1) is 10.4. The van der Waals surface area contributed by atoms with Gasteiger partial charge in [0.1, 0.15) is 11.6 Å². The van der Waals surface area contributed by atoms with Crippen LogP contribution in [0.25, 0.3) is 0 Å². The van der Waals surface area contributed by atoms with Gasteiger partial charge in [0.15, 0.2) is 0 Å². The van der Waals surface area contributed by atoms with Gasteiger partial charge in [-0.1, -0.05) is 0 Å². The van der Waals surface area contributed by atoms with Crippen LogP contribution in [0.4, 0.5) is 14.5 Å². The standard InChI is InChI=1S/C15H17F2N3O2/c1-7-12(18)6-20(7)8-4-10(16)14(11(17)5-8)9-2-3-13(21)19-15(9)22/h4-5,7,9,12H,2-3,6,18H2,1H3,(H,19,21,22)/t7-,9?,12+/m1/s1. The maximum absolute atomic E-state index is 14.3. The Bertz CT molecular complexity index is 627. The molecule has 0 aliphatic carbocycles. The van der Waals surface area contributed by atoms with Crippen LogP contribution in [0.3, 0.4) is 0 Å². The molecular formula is C15H17F2N3O2. The molecule has 0 spiro atoms. The zero-order valence-electron chi connectivity index (χ0n) is 12.1. The number of carbonyl (C=O) groups excluding carboxylic acids is 2. The van der Waals surface area contributed by atoms with E-state index in [2.05, 4.69) is 5.32 Å². The number of nitrogens with two attached hydrogens (primary N) is 1. The van der Waals surface area contributed by atoms with Crippen LogP contribution in [0.2, 0.25) is 0 Å². The molecule has 118 valence electrons. The summed E-state index contributed by atoms with van der Waals surface area (Å²) in [6, 6.07) is 2.45. The number of hydrogen-bond acceptors (Lipinski definition) is 4. The second-order valence-electron chi connectivity index (χ2n) is 5.88. The van der Waals surface area contributed by atoms with Gasteiger partial charge in [-0.15, -0.1) is 0 Å². The van der Waals surface area contributed by atoms with Crippen LogP contribution in [0.15, 0.2) is 12.1 Å². The summed E-state index contributed by atoms with van der Waals surface area (Å²) in [5, 5.41) is 2.12. The Labute approximate surface area is 126 Å². The van der Waals surface area contributed by atoms with Crippen LogP contribution in [-0.4, -0.2) is 30.4 Å². The van der Waals surface area contributed by atoms with E-state index in [0.717, 1.165) is 0 Å². The van der Waals surface area contributed by atoms with Gasteiger partial charge in [0, 0.05) is 36.3 Å². The van der Waals surface area contributed by atoms with Gasteiger partial charge in [-0.2, -0.15) is 0 Å². The lowest BCUT2D eigenvalue weighted by Gasteiger charge is -2.46. The summed E-state index contributed by atoms with van der Waals surface area (Å²) in [7, 11) is 0. The smallest absolute Gasteiger partial charge is 0.234 e. The first kappa shape index (κ1) is 14.9. The number of hydrogen-bond donors (Lipinski definition) is 2. The van der Waals surface area contributed by atoms with Gasteiger partial charge in [-0.25, -0.2) is 8.78 Å². The maximum atomic E-state index is 14.3. The molecular weight excluding hydrogens is 292 g/mol. The SMILES string of the molecule is C[C@@H]1[C@@H](N)CN1c1cc(F)c(C2CCC(=O)NC2=O)c(F)c1. The molecule has 0 bridgehead atoms. The number of anilines is 1. The number of carbonyl (C=O) groups is 2. The van der Waals surface area contributed by atoms with Crippen molar-refractivity contribution in [3.8, 4) is 0 Å². The first-order valence-corrected chi connectivity index (χ1v) is 7.23. The average Bonchev–Trinajstić information content (AvgIpc) is 2.45. The number of nitrogens with zero attached hydrogens (tertiary/aromatic N) is 1. The molecule has 3 N–H and O–H groups in total. The minimum absolute atomic E-state index is 0.0130. The summed E-state index contributed by atoms with van der Waals surface area (Å²) in [6.45, 7) is 2.43. The van der Waals surface area contributed by atoms with Crippen molar-refractivity contribution < 1.29 is 18.4 Å². The number of benzene rings is 1. The van der Waals surface area contributed by atoms with Crippen LogP contribution < -0.4 is 16.0 Å². The quantitative estimate of drug-likeness (QED) is 0.800. The van der Waals surface area contributed by atoms with Crippen molar-refractivity contribution in [2.75, 3.05) is 11.4 Å². The lowest BCUT2D eigenvalue weighted by molar-refractivity contribution is -0.134. The van der Waals surface area contributed by atoms with Crippen molar-refractivity contribution in [3.63, 3.8) is 0 Å². The van der Waals surface area contributed by atoms with E-state index in [0.29, 0.717) is 12.2 Å². The fraction of sp³-hybridized carbons (Fsp3) is 0.467. The summed E-state index contributed by atoms with van der Waals surface area (Å²) < 4.78 is 28.7. The van der Waals surface area contributed by atoms with E-state index in [-0.39, 0.29) is 30.5 Å². The third-order valence-electron chi connectivity index (χ3n) is 4.50. The maximum Gasteiger partial charge on any atom is 0.234 e. The summed E-state index contributed by atoms with van der Waals surface area (Å²) in [4.78, 5) is 24.7. The van der Waals surface area contributed by atoms with Crippen LogP contribution in [0.5, 0.6) is 0 Å². The zero-order valence-corrected chi connectivity index (χ0v) is 12.1. The van der Waals surface area contributed by atoms with Crippen LogP contribution in [0, 0.1) is 11.6 Å². The van der Waals surface area contributed by atoms with E-state index in [1.54, 1.807) is 0 Å². The van der Waals surface area contributed by atoms with E-state index in [9.17, 15) is 18.4 Å². The molecule has 2 aliphatic heterocycles. The van der Waals surface area contributed by atoms with Crippen molar-refractivity contribution >= 4 is 17.5 Å². The average molecular weight is 309 g/mol. The fourth-order valence-electron chi connectivity index (χ4n) is 3.02. The van der Waals surface area contributed by atoms with Crippen molar-refractivity contribution in [2.45, 2.75) is 37.8 Å². The highest BCUT2D eigenvalue weighted by atomic mass is 19.1. The normalized spacial score (nSPS) is 28.4. The van der Waals surface area contributed by atoms with E-state index in [1.165, 1.54) is 12.1 Å². The fourth-order valence-corrected chi connectivity index (χ4v) is 3.02. The zero-order chi connectivity index (χ0) is 16.0. The Kier molecular flexibility index (Phi) is 3.60. The molecule has 1 unspecified atom stereocenters. The Hall–Kier alpha value is -2.02. The Morgan fingerprint density at radius 2 is 1.91 bits per heavy atom. The van der Waals surface area contributed by atoms with Gasteiger partial charge in [-0.3, -0.25) is 14.9 Å². The van der Waals surface area contributed by atoms with Gasteiger partial charge in [0.05, 0.1) is 5.92 Å². The van der Waals surface area contributed by atoms with Gasteiger partial charge in [0.25, 0.3) is 0 Å². The molecule has 1 aromatic carbocycles. The van der Waals surface area contributed by atoms with Crippen molar-refractivity contribution in [1.29, 1.82) is 0 Å². The van der Waals surface area contributed by atoms with Crippen LogP contribution in [0.1, 0.15) is 31.2 Å². The molecule has 0 aromatic heterocycles. The van der Waals surface area contributed by atoms with Gasteiger partial charge in [-0.05, 0) is 25.5 Å². The highest BCUT2D eigenvalue weighted by molar-refractivity contribution is 6.01. The van der Waals surface area contributed by atoms with Crippen molar-refractivity contribution in [2.24, 2.45) is 5.73 Å². The molecule has 0 saturated carbocycles. The lowest BCUT2D eigenvalue weighted by Crippen LogP contribution is -2.63. The van der Waals surface area contributed by atoms with E-state index < -0.39 is 29.4 Å². The van der Waals surface area contributed by atoms with E-state index >= 15 is 0 Å². The van der Waals surface area contributed by atoms with E-state index in [1.807, 2.05) is 11.8 Å². The largest absolute Gasteiger partial charge is 0.365 e. The van der Waals surface area contributed by atoms with Gasteiger partial charge in [0.2, 0.25) is 11.8 Å². The summed E-state index contributed by atoms with van der Waals surface area (Å²) in [6.07, 6.45) is 0.192. The molecule has 0 radical (unpaired) electrons. The Balaban J connectivity index is 1.90. The highest BCUT2D eigenvalue weighted by Gasteiger charge is 2.36. The third-order valence-corrected chi connectivity index (χ3v) is 4.50. The van der Waals surface area contributed by atoms with Gasteiger partial charge < -0.3 is 10.6 Å². The molecule has 2 fully saturated rings. The number of halogens is 2. The predicted molar refractivity (Wildman–Crippen MR) is 76.3 cm³/mol. The molecule has 3 atom stereocenters. The topological polar surface area (TPSA) is 75.4 Å². The second-order valence-corrected chi connectivity index (χ2v) is 5.88. The predicted octanol–water partition coefficient (Wildman–Crippen LogP) is 1.02. The van der Waals surface area contributed by atoms with E-state index in [4.69, 9.17) is 5.73 Å². The summed E-state index contributed by atoms with van der Waals surface area (Å²) in [5.41, 5.74) is 5.93. The van der Waals surface area contributed by atoms with Crippen LogP contribution >= 0.6 is 0 Å². The van der Waals surface area contributed by atoms with Gasteiger partial charge >= 0.3 is 0 Å². The molecule has 2 amide bonds. The molecule has 2 saturated heterocycles. The third kappa shape index (κ3) is 2.35. The minimum atomic E-state index is -0.970. The lowest BCUT2D eigenvalue weighted by atomic mass is 9.89. The molecule has 1 aromatic rings. The first-order valence-electron chi connectivity index (χ1n) is 7.23. The molecule has 22 heavy (non-hydrogen) atoms. The van der Waals surface area contributed by atoms with Crippen molar-refractivity contribution in [1.82, 2.24) is 5.32 Å². The highest BCUT2D eigenvalue weighted by Crippen LogP contribution is 2.34. The Morgan fingerprint density at radius 1 is 1.27 bits per heavy atom. The van der Waals surface area contributed by atoms with Crippen molar-refractivity contribution in [3.05, 3.63) is 29.3 Å². The van der Waals surface area contributed by atoms with Crippen LogP contribution in [-0.2, 0) is 9.59 Å². The number of piperidine rings is 1. The molecule has 2 aliphatic rings. The number of imide groups is 1. The summed E-state index contributed by atoms with van der Waals surface area (Å²) >= 11 is 0. The number of rotatable bonds is 2. The molecule has 2 heterocycles. The number of nitrogens with one attached hydrogen (secondary N) is 1.